The van der Waals surface area contributed by atoms with Gasteiger partial charge in [-0.25, -0.2) is 0 Å². The molecule has 1 rings (SSSR count). The van der Waals surface area contributed by atoms with E-state index in [4.69, 9.17) is 4.55 Å². The molecule has 0 saturated carbocycles. The molecular weight excluding hydrogens is 166 g/mol. The van der Waals surface area contributed by atoms with Crippen LogP contribution in [0.3, 0.4) is 0 Å². The summed E-state index contributed by atoms with van der Waals surface area (Å²) in [5.74, 6) is 0. The van der Waals surface area contributed by atoms with Crippen molar-refractivity contribution in [2.75, 3.05) is 0 Å². The lowest BCUT2D eigenvalue weighted by Crippen LogP contribution is -2.40. The van der Waals surface area contributed by atoms with E-state index in [0.717, 1.165) is 0 Å². The molecule has 0 aliphatic rings. The standard InChI is InChI=1S/C6H7NO3S/c7-5-2-1-3-6(4-5)11(8,9)10/h1-4H,7H2,(H,8,9,10)/p+1. The van der Waals surface area contributed by atoms with Crippen LogP contribution < -0.4 is 5.73 Å². The van der Waals surface area contributed by atoms with Crippen LogP contribution in [0.5, 0.6) is 0 Å². The molecule has 0 bridgehead atoms. The Labute approximate surface area is 64.4 Å². The second-order valence-electron chi connectivity index (χ2n) is 2.12. The van der Waals surface area contributed by atoms with Crippen LogP contribution in [0, 0.1) is 0 Å². The van der Waals surface area contributed by atoms with Gasteiger partial charge >= 0.3 is 0 Å². The van der Waals surface area contributed by atoms with Crippen LogP contribution >= 0.6 is 0 Å². The Kier molecular flexibility index (Phi) is 1.95. The molecule has 0 spiro atoms. The van der Waals surface area contributed by atoms with Gasteiger partial charge in [-0.3, -0.25) is 4.55 Å². The van der Waals surface area contributed by atoms with Gasteiger partial charge in [-0.15, -0.1) is 0 Å². The van der Waals surface area contributed by atoms with Gasteiger partial charge in [-0.1, -0.05) is 6.07 Å². The second kappa shape index (κ2) is 2.61. The van der Waals surface area contributed by atoms with Crippen molar-refractivity contribution >= 4 is 15.8 Å². The third-order valence-corrected chi connectivity index (χ3v) is 2.05. The number of hydrogen-bond acceptors (Lipinski definition) is 2. The zero-order valence-corrected chi connectivity index (χ0v) is 6.50. The van der Waals surface area contributed by atoms with Gasteiger partial charge in [-0.05, 0) is 12.1 Å². The third kappa shape index (κ3) is 2.01. The Balaban J connectivity index is 3.28. The van der Waals surface area contributed by atoms with Crippen molar-refractivity contribution in [3.8, 4) is 0 Å². The summed E-state index contributed by atoms with van der Waals surface area (Å²) in [4.78, 5) is -0.120. The van der Waals surface area contributed by atoms with Crippen molar-refractivity contribution in [2.45, 2.75) is 4.90 Å². The Hall–Kier alpha value is -0.910. The molecule has 4 nitrogen and oxygen atoms in total. The van der Waals surface area contributed by atoms with Crippen molar-refractivity contribution < 1.29 is 18.7 Å². The molecule has 0 unspecified atom stereocenters. The van der Waals surface area contributed by atoms with Gasteiger partial charge in [0.1, 0.15) is 5.69 Å². The predicted octanol–water partition coefficient (Wildman–Crippen LogP) is -0.193. The minimum absolute atomic E-state index is 0.120. The summed E-state index contributed by atoms with van der Waals surface area (Å²) in [5, 5.41) is 0. The first-order valence-corrected chi connectivity index (χ1v) is 4.34. The minimum atomic E-state index is -4.07. The fourth-order valence-corrected chi connectivity index (χ4v) is 1.26. The monoisotopic (exact) mass is 174 g/mol. The summed E-state index contributed by atoms with van der Waals surface area (Å²) in [7, 11) is -4.07. The summed E-state index contributed by atoms with van der Waals surface area (Å²) in [6.45, 7) is 0. The summed E-state index contributed by atoms with van der Waals surface area (Å²) in [6, 6.07) is 5.78. The molecule has 0 amide bonds. The molecule has 0 saturated heterocycles. The average molecular weight is 174 g/mol. The van der Waals surface area contributed by atoms with Crippen LogP contribution in [0.2, 0.25) is 0 Å². The highest BCUT2D eigenvalue weighted by molar-refractivity contribution is 7.85. The van der Waals surface area contributed by atoms with E-state index >= 15 is 0 Å². The van der Waals surface area contributed by atoms with E-state index in [1.807, 2.05) is 0 Å². The van der Waals surface area contributed by atoms with Crippen molar-refractivity contribution in [3.05, 3.63) is 24.3 Å². The lowest BCUT2D eigenvalue weighted by Gasteiger charge is -1.94. The van der Waals surface area contributed by atoms with Crippen LogP contribution in [0.4, 0.5) is 5.69 Å². The highest BCUT2D eigenvalue weighted by Crippen LogP contribution is 2.10. The van der Waals surface area contributed by atoms with Gasteiger partial charge in [-0.2, -0.15) is 8.42 Å². The molecule has 0 aromatic heterocycles. The Bertz CT molecular complexity index is 358. The largest absolute Gasteiger partial charge is 0.325 e. The minimum Gasteiger partial charge on any atom is -0.325 e. The van der Waals surface area contributed by atoms with Gasteiger partial charge in [0.15, 0.2) is 0 Å². The normalized spacial score (nSPS) is 11.5. The summed E-state index contributed by atoms with van der Waals surface area (Å²) in [5.41, 5.74) is 4.07. The smallest absolute Gasteiger partial charge is 0.294 e. The zero-order chi connectivity index (χ0) is 8.48. The van der Waals surface area contributed by atoms with Crippen LogP contribution in [-0.4, -0.2) is 13.0 Å². The molecule has 0 radical (unpaired) electrons. The maximum Gasteiger partial charge on any atom is 0.294 e. The number of benzene rings is 1. The Morgan fingerprint density at radius 3 is 2.36 bits per heavy atom. The molecule has 0 aliphatic heterocycles. The Morgan fingerprint density at radius 2 is 2.00 bits per heavy atom. The first-order valence-electron chi connectivity index (χ1n) is 2.89. The van der Waals surface area contributed by atoms with E-state index in [-0.39, 0.29) is 4.90 Å². The fraction of sp³-hybridized carbons (Fsp3) is 0. The predicted molar refractivity (Wildman–Crippen MR) is 38.8 cm³/mol. The van der Waals surface area contributed by atoms with Crippen LogP contribution in [-0.2, 0) is 10.1 Å². The molecule has 5 heteroatoms. The molecule has 1 aromatic rings. The maximum absolute atomic E-state index is 10.5. The van der Waals surface area contributed by atoms with Crippen LogP contribution in [0.1, 0.15) is 0 Å². The van der Waals surface area contributed by atoms with E-state index < -0.39 is 10.1 Å². The molecule has 4 N–H and O–H groups in total. The van der Waals surface area contributed by atoms with E-state index in [2.05, 4.69) is 5.73 Å². The highest BCUT2D eigenvalue weighted by Gasteiger charge is 2.08. The number of quaternary nitrogens is 1. The van der Waals surface area contributed by atoms with E-state index in [1.165, 1.54) is 18.2 Å². The van der Waals surface area contributed by atoms with Crippen molar-refractivity contribution in [2.24, 2.45) is 0 Å². The van der Waals surface area contributed by atoms with Crippen molar-refractivity contribution in [1.82, 2.24) is 0 Å². The van der Waals surface area contributed by atoms with Crippen molar-refractivity contribution in [1.29, 1.82) is 0 Å². The maximum atomic E-state index is 10.5. The lowest BCUT2D eigenvalue weighted by atomic mass is 10.3. The first-order chi connectivity index (χ1) is 5.00. The molecule has 1 aromatic carbocycles. The van der Waals surface area contributed by atoms with Gasteiger partial charge in [0, 0.05) is 6.07 Å². The van der Waals surface area contributed by atoms with E-state index in [0.29, 0.717) is 5.69 Å². The first kappa shape index (κ1) is 8.19. The lowest BCUT2D eigenvalue weighted by molar-refractivity contribution is -0.255. The fourth-order valence-electron chi connectivity index (χ4n) is 0.706. The quantitative estimate of drug-likeness (QED) is 0.579. The van der Waals surface area contributed by atoms with Gasteiger partial charge in [0.05, 0.1) is 4.90 Å². The molecule has 60 valence electrons. The second-order valence-corrected chi connectivity index (χ2v) is 3.54. The molecule has 0 heterocycles. The average Bonchev–Trinajstić information content (AvgIpc) is 1.86. The zero-order valence-electron chi connectivity index (χ0n) is 5.69. The number of rotatable bonds is 1. The highest BCUT2D eigenvalue weighted by atomic mass is 32.2. The number of hydrogen-bond donors (Lipinski definition) is 2. The Morgan fingerprint density at radius 1 is 1.36 bits per heavy atom. The molecule has 0 fully saturated rings. The van der Waals surface area contributed by atoms with E-state index in [9.17, 15) is 8.42 Å². The summed E-state index contributed by atoms with van der Waals surface area (Å²) >= 11 is 0. The van der Waals surface area contributed by atoms with Crippen LogP contribution in [0.25, 0.3) is 0 Å². The SMILES string of the molecule is [NH3+]c1cccc(S(=O)(=O)O)c1. The molecule has 0 aliphatic carbocycles. The summed E-state index contributed by atoms with van der Waals surface area (Å²) in [6.07, 6.45) is 0. The van der Waals surface area contributed by atoms with Crippen molar-refractivity contribution in [3.63, 3.8) is 0 Å². The molecule has 0 atom stereocenters. The molecular formula is C6H8NO3S+. The van der Waals surface area contributed by atoms with Crippen LogP contribution in [0.15, 0.2) is 29.2 Å². The van der Waals surface area contributed by atoms with Gasteiger partial charge < -0.3 is 5.73 Å². The molecule has 11 heavy (non-hydrogen) atoms. The van der Waals surface area contributed by atoms with Gasteiger partial charge in [0.25, 0.3) is 10.1 Å². The summed E-state index contributed by atoms with van der Waals surface area (Å²) < 4.78 is 29.6. The van der Waals surface area contributed by atoms with Gasteiger partial charge in [0.2, 0.25) is 0 Å². The topological polar surface area (TPSA) is 82.0 Å². The third-order valence-electron chi connectivity index (χ3n) is 1.20. The van der Waals surface area contributed by atoms with E-state index in [1.54, 1.807) is 6.07 Å².